The third kappa shape index (κ3) is 3.68. The van der Waals surface area contributed by atoms with Crippen LogP contribution in [0.15, 0.2) is 0 Å². The molecule has 1 aliphatic rings. The van der Waals surface area contributed by atoms with E-state index in [9.17, 15) is 4.79 Å². The van der Waals surface area contributed by atoms with Gasteiger partial charge in [0.25, 0.3) is 0 Å². The van der Waals surface area contributed by atoms with Gasteiger partial charge in [-0.2, -0.15) is 0 Å². The molecule has 2 unspecified atom stereocenters. The third-order valence-corrected chi connectivity index (χ3v) is 3.49. The molecule has 0 spiro atoms. The summed E-state index contributed by atoms with van der Waals surface area (Å²) < 4.78 is 10.6. The van der Waals surface area contributed by atoms with E-state index in [1.807, 2.05) is 6.92 Å². The summed E-state index contributed by atoms with van der Waals surface area (Å²) >= 11 is 0. The smallest absolute Gasteiger partial charge is 0.326 e. The van der Waals surface area contributed by atoms with Crippen molar-refractivity contribution in [2.75, 3.05) is 19.8 Å². The second kappa shape index (κ2) is 6.97. The van der Waals surface area contributed by atoms with Crippen LogP contribution < -0.4 is 5.73 Å². The highest BCUT2D eigenvalue weighted by molar-refractivity contribution is 5.81. The predicted octanol–water partition coefficient (Wildman–Crippen LogP) is 1.86. The fourth-order valence-corrected chi connectivity index (χ4v) is 2.51. The summed E-state index contributed by atoms with van der Waals surface area (Å²) in [5.74, 6) is -0.0311. The molecule has 100 valence electrons. The van der Waals surface area contributed by atoms with Crippen LogP contribution >= 0.6 is 0 Å². The third-order valence-electron chi connectivity index (χ3n) is 3.49. The number of carbonyl (C=O) groups is 1. The molecule has 4 heteroatoms. The van der Waals surface area contributed by atoms with Crippen molar-refractivity contribution in [1.82, 2.24) is 0 Å². The maximum atomic E-state index is 11.9. The Balaban J connectivity index is 2.44. The highest BCUT2D eigenvalue weighted by atomic mass is 16.5. The minimum absolute atomic E-state index is 0.207. The van der Waals surface area contributed by atoms with Gasteiger partial charge in [-0.05, 0) is 38.5 Å². The van der Waals surface area contributed by atoms with Gasteiger partial charge in [-0.25, -0.2) is 0 Å². The topological polar surface area (TPSA) is 61.5 Å². The van der Waals surface area contributed by atoms with Crippen LogP contribution in [0.2, 0.25) is 0 Å². The first kappa shape index (κ1) is 14.5. The van der Waals surface area contributed by atoms with Gasteiger partial charge in [0.15, 0.2) is 0 Å². The van der Waals surface area contributed by atoms with Gasteiger partial charge >= 0.3 is 5.97 Å². The number of nitrogens with two attached hydrogens (primary N) is 1. The van der Waals surface area contributed by atoms with E-state index >= 15 is 0 Å². The van der Waals surface area contributed by atoms with Crippen LogP contribution in [0.3, 0.4) is 0 Å². The summed E-state index contributed by atoms with van der Waals surface area (Å²) in [5, 5.41) is 0. The van der Waals surface area contributed by atoms with Crippen molar-refractivity contribution in [2.45, 2.75) is 51.5 Å². The first-order chi connectivity index (χ1) is 8.15. The lowest BCUT2D eigenvalue weighted by atomic mass is 9.86. The normalized spacial score (nSPS) is 28.3. The van der Waals surface area contributed by atoms with Crippen molar-refractivity contribution in [3.8, 4) is 0 Å². The van der Waals surface area contributed by atoms with Crippen molar-refractivity contribution in [1.29, 1.82) is 0 Å². The Morgan fingerprint density at radius 2 is 2.18 bits per heavy atom. The minimum Gasteiger partial charge on any atom is -0.465 e. The lowest BCUT2D eigenvalue weighted by molar-refractivity contribution is -0.151. The molecule has 17 heavy (non-hydrogen) atoms. The van der Waals surface area contributed by atoms with Crippen LogP contribution in [0, 0.1) is 5.92 Å². The number of ether oxygens (including phenoxy) is 2. The zero-order valence-corrected chi connectivity index (χ0v) is 11.0. The Bertz CT molecular complexity index is 245. The molecule has 0 aromatic carbocycles. The summed E-state index contributed by atoms with van der Waals surface area (Å²) in [5.41, 5.74) is 5.45. The van der Waals surface area contributed by atoms with E-state index in [0.29, 0.717) is 13.2 Å². The van der Waals surface area contributed by atoms with Crippen molar-refractivity contribution in [3.05, 3.63) is 0 Å². The average Bonchev–Trinajstić information content (AvgIpc) is 2.68. The maximum absolute atomic E-state index is 11.9. The van der Waals surface area contributed by atoms with E-state index < -0.39 is 5.54 Å². The number of carbonyl (C=O) groups excluding carboxylic acids is 1. The lowest BCUT2D eigenvalue weighted by Crippen LogP contribution is -2.52. The molecule has 0 radical (unpaired) electrons. The monoisotopic (exact) mass is 243 g/mol. The Hall–Kier alpha value is -0.610. The molecule has 1 saturated carbocycles. The van der Waals surface area contributed by atoms with Gasteiger partial charge in [0.1, 0.15) is 5.54 Å². The summed E-state index contributed by atoms with van der Waals surface area (Å²) in [7, 11) is 0. The van der Waals surface area contributed by atoms with Crippen molar-refractivity contribution >= 4 is 5.97 Å². The van der Waals surface area contributed by atoms with Gasteiger partial charge in [-0.3, -0.25) is 4.79 Å². The summed E-state index contributed by atoms with van der Waals surface area (Å²) in [4.78, 5) is 11.9. The molecule has 1 fully saturated rings. The fourth-order valence-electron chi connectivity index (χ4n) is 2.51. The Labute approximate surface area is 104 Å². The molecular formula is C13H25NO3. The molecule has 1 aliphatic carbocycles. The summed E-state index contributed by atoms with van der Waals surface area (Å²) in [6, 6.07) is 0. The van der Waals surface area contributed by atoms with Gasteiger partial charge < -0.3 is 15.2 Å². The Morgan fingerprint density at radius 3 is 2.82 bits per heavy atom. The van der Waals surface area contributed by atoms with Gasteiger partial charge in [-0.15, -0.1) is 0 Å². The summed E-state index contributed by atoms with van der Waals surface area (Å²) in [6.07, 6.45) is 4.63. The van der Waals surface area contributed by atoms with Crippen LogP contribution in [0.1, 0.15) is 46.0 Å². The van der Waals surface area contributed by atoms with Crippen LogP contribution in [0.5, 0.6) is 0 Å². The van der Waals surface area contributed by atoms with E-state index in [2.05, 4.69) is 6.92 Å². The molecule has 0 amide bonds. The molecule has 2 N–H and O–H groups in total. The van der Waals surface area contributed by atoms with E-state index in [4.69, 9.17) is 15.2 Å². The minimum atomic E-state index is -0.772. The number of esters is 1. The number of hydrogen-bond donors (Lipinski definition) is 1. The first-order valence-corrected chi connectivity index (χ1v) is 6.69. The van der Waals surface area contributed by atoms with E-state index in [1.54, 1.807) is 0 Å². The molecule has 0 aromatic rings. The van der Waals surface area contributed by atoms with Crippen molar-refractivity contribution in [2.24, 2.45) is 11.7 Å². The second-order valence-corrected chi connectivity index (χ2v) is 4.75. The molecule has 0 aliphatic heterocycles. The molecule has 2 atom stereocenters. The molecule has 0 aromatic heterocycles. The largest absolute Gasteiger partial charge is 0.465 e. The van der Waals surface area contributed by atoms with Crippen LogP contribution in [-0.2, 0) is 14.3 Å². The summed E-state index contributed by atoms with van der Waals surface area (Å²) in [6.45, 7) is 5.77. The number of rotatable bonds is 7. The van der Waals surface area contributed by atoms with Gasteiger partial charge in [0, 0.05) is 13.2 Å². The molecule has 0 saturated heterocycles. The average molecular weight is 243 g/mol. The van der Waals surface area contributed by atoms with Crippen molar-refractivity contribution in [3.63, 3.8) is 0 Å². The lowest BCUT2D eigenvalue weighted by Gasteiger charge is -2.28. The van der Waals surface area contributed by atoms with Gasteiger partial charge in [0.05, 0.1) is 6.61 Å². The molecule has 0 heterocycles. The second-order valence-electron chi connectivity index (χ2n) is 4.75. The van der Waals surface area contributed by atoms with Gasteiger partial charge in [-0.1, -0.05) is 13.3 Å². The zero-order valence-electron chi connectivity index (χ0n) is 11.0. The van der Waals surface area contributed by atoms with Crippen LogP contribution in [0.25, 0.3) is 0 Å². The van der Waals surface area contributed by atoms with Crippen molar-refractivity contribution < 1.29 is 14.3 Å². The van der Waals surface area contributed by atoms with E-state index in [-0.39, 0.29) is 11.9 Å². The van der Waals surface area contributed by atoms with E-state index in [1.165, 1.54) is 0 Å². The SMILES string of the molecule is CCCOCCC1CCCC1(N)C(=O)OCC. The maximum Gasteiger partial charge on any atom is 0.326 e. The van der Waals surface area contributed by atoms with Gasteiger partial charge in [0.2, 0.25) is 0 Å². The predicted molar refractivity (Wildman–Crippen MR) is 66.6 cm³/mol. The highest BCUT2D eigenvalue weighted by Gasteiger charge is 2.46. The fraction of sp³-hybridized carbons (Fsp3) is 0.923. The standard InChI is InChI=1S/C13H25NO3/c1-3-9-16-10-7-11-6-5-8-13(11,14)12(15)17-4-2/h11H,3-10,14H2,1-2H3. The number of hydrogen-bond acceptors (Lipinski definition) is 4. The molecular weight excluding hydrogens is 218 g/mol. The first-order valence-electron chi connectivity index (χ1n) is 6.69. The van der Waals surface area contributed by atoms with E-state index in [0.717, 1.165) is 38.7 Å². The molecule has 0 bridgehead atoms. The molecule has 4 nitrogen and oxygen atoms in total. The van der Waals surface area contributed by atoms with Crippen LogP contribution in [-0.4, -0.2) is 31.3 Å². The zero-order chi connectivity index (χ0) is 12.7. The van der Waals surface area contributed by atoms with Crippen LogP contribution in [0.4, 0.5) is 0 Å². The Morgan fingerprint density at radius 1 is 1.41 bits per heavy atom. The quantitative estimate of drug-likeness (QED) is 0.547. The highest BCUT2D eigenvalue weighted by Crippen LogP contribution is 2.36. The molecule has 1 rings (SSSR count). The Kier molecular flexibility index (Phi) is 5.92.